The van der Waals surface area contributed by atoms with Crippen LogP contribution in [0, 0.1) is 11.3 Å². The van der Waals surface area contributed by atoms with Crippen LogP contribution in [0.5, 0.6) is 0 Å². The predicted molar refractivity (Wildman–Crippen MR) is 119 cm³/mol. The van der Waals surface area contributed by atoms with Crippen LogP contribution >= 0.6 is 0 Å². The first-order valence-corrected chi connectivity index (χ1v) is 12.3. The number of hydrogen-bond donors (Lipinski definition) is 0. The van der Waals surface area contributed by atoms with Crippen molar-refractivity contribution in [3.63, 3.8) is 0 Å². The second-order valence-corrected chi connectivity index (χ2v) is 8.96. The van der Waals surface area contributed by atoms with E-state index in [9.17, 15) is 9.59 Å². The van der Waals surface area contributed by atoms with E-state index in [-0.39, 0.29) is 17.9 Å². The highest BCUT2D eigenvalue weighted by atomic mass is 16.6. The van der Waals surface area contributed by atoms with Crippen molar-refractivity contribution in [3.05, 3.63) is 24.3 Å². The Kier molecular flexibility index (Phi) is 11.3. The Bertz CT molecular complexity index is 548. The van der Waals surface area contributed by atoms with Gasteiger partial charge in [0.25, 0.3) is 0 Å². The molecular weight excluding hydrogens is 360 g/mol. The van der Waals surface area contributed by atoms with E-state index < -0.39 is 5.41 Å². The van der Waals surface area contributed by atoms with Crippen molar-refractivity contribution in [2.24, 2.45) is 11.3 Å². The van der Waals surface area contributed by atoms with E-state index in [2.05, 4.69) is 13.0 Å². The van der Waals surface area contributed by atoms with E-state index in [0.29, 0.717) is 6.42 Å². The van der Waals surface area contributed by atoms with Crippen LogP contribution in [0.15, 0.2) is 24.3 Å². The van der Waals surface area contributed by atoms with E-state index >= 15 is 0 Å². The number of ether oxygens (including phenoxy) is 1. The first-order chi connectivity index (χ1) is 14.2. The number of carbonyl (C=O) groups excluding carboxylic acids is 2. The summed E-state index contributed by atoms with van der Waals surface area (Å²) in [5.74, 6) is -1.05. The van der Waals surface area contributed by atoms with Crippen molar-refractivity contribution in [2.45, 2.75) is 116 Å². The van der Waals surface area contributed by atoms with Gasteiger partial charge in [-0.1, -0.05) is 115 Å². The third-order valence-corrected chi connectivity index (χ3v) is 6.54. The highest BCUT2D eigenvalue weighted by molar-refractivity contribution is 6.02. The summed E-state index contributed by atoms with van der Waals surface area (Å²) in [7, 11) is 0. The topological polar surface area (TPSA) is 43.4 Å². The molecule has 3 heteroatoms. The Balaban J connectivity index is 1.45. The quantitative estimate of drug-likeness (QED) is 0.116. The van der Waals surface area contributed by atoms with Crippen LogP contribution in [0.3, 0.4) is 0 Å². The Hall–Kier alpha value is -1.38. The average molecular weight is 403 g/mol. The zero-order valence-electron chi connectivity index (χ0n) is 18.6. The Morgan fingerprint density at radius 3 is 2.03 bits per heavy atom. The molecule has 29 heavy (non-hydrogen) atoms. The predicted octanol–water partition coefficient (Wildman–Crippen LogP) is 7.45. The number of rotatable bonds is 16. The first-order valence-electron chi connectivity index (χ1n) is 12.3. The molecule has 3 nitrogen and oxygen atoms in total. The minimum absolute atomic E-state index is 0.312. The van der Waals surface area contributed by atoms with Crippen LogP contribution in [0.25, 0.3) is 0 Å². The normalized spacial score (nSPS) is 23.7. The molecule has 1 aliphatic carbocycles. The minimum Gasteiger partial charge on any atom is -0.392 e. The third-order valence-electron chi connectivity index (χ3n) is 6.54. The van der Waals surface area contributed by atoms with Gasteiger partial charge in [-0.15, -0.1) is 0 Å². The van der Waals surface area contributed by atoms with Crippen LogP contribution in [-0.4, -0.2) is 11.9 Å². The number of unbranched alkanes of at least 4 members (excludes halogenated alkanes) is 14. The zero-order valence-corrected chi connectivity index (χ0v) is 18.6. The Morgan fingerprint density at radius 1 is 0.897 bits per heavy atom. The molecule has 0 radical (unpaired) electrons. The first kappa shape index (κ1) is 23.9. The lowest BCUT2D eigenvalue weighted by atomic mass is 9.71. The van der Waals surface area contributed by atoms with Crippen molar-refractivity contribution >= 4 is 11.9 Å². The van der Waals surface area contributed by atoms with Crippen LogP contribution < -0.4 is 0 Å². The number of carbonyl (C=O) groups is 2. The Labute approximate surface area is 178 Å². The minimum atomic E-state index is -0.814. The van der Waals surface area contributed by atoms with E-state index in [0.717, 1.165) is 19.3 Å². The molecule has 0 bridgehead atoms. The molecule has 0 spiro atoms. The van der Waals surface area contributed by atoms with Gasteiger partial charge < -0.3 is 4.74 Å². The van der Waals surface area contributed by atoms with Crippen LogP contribution in [0.4, 0.5) is 0 Å². The fourth-order valence-corrected chi connectivity index (χ4v) is 4.65. The molecule has 2 unspecified atom stereocenters. The Morgan fingerprint density at radius 2 is 1.45 bits per heavy atom. The SMILES string of the molecule is CCCCCCCCCCCCCCCCC=CC12C=CCCC1C(=O)OC2=O. The number of cyclic esters (lactones) is 2. The summed E-state index contributed by atoms with van der Waals surface area (Å²) in [6.45, 7) is 2.27. The maximum absolute atomic E-state index is 12.2. The average Bonchev–Trinajstić information content (AvgIpc) is 2.98. The number of fused-ring (bicyclic) bond motifs is 1. The van der Waals surface area contributed by atoms with Crippen LogP contribution in [0.1, 0.15) is 116 Å². The van der Waals surface area contributed by atoms with Gasteiger partial charge in [0.15, 0.2) is 0 Å². The molecule has 2 atom stereocenters. The highest BCUT2D eigenvalue weighted by Gasteiger charge is 2.55. The number of esters is 2. The van der Waals surface area contributed by atoms with E-state index in [1.807, 2.05) is 18.2 Å². The fourth-order valence-electron chi connectivity index (χ4n) is 4.65. The molecule has 0 aromatic rings. The van der Waals surface area contributed by atoms with E-state index in [1.165, 1.54) is 83.5 Å². The maximum atomic E-state index is 12.2. The lowest BCUT2D eigenvalue weighted by Crippen LogP contribution is -2.31. The van der Waals surface area contributed by atoms with Gasteiger partial charge in [0.2, 0.25) is 0 Å². The smallest absolute Gasteiger partial charge is 0.328 e. The van der Waals surface area contributed by atoms with Crippen molar-refractivity contribution in [2.75, 3.05) is 0 Å². The molecule has 2 aliphatic rings. The molecule has 1 aliphatic heterocycles. The summed E-state index contributed by atoms with van der Waals surface area (Å²) in [5.41, 5.74) is -0.814. The number of hydrogen-bond acceptors (Lipinski definition) is 3. The van der Waals surface area contributed by atoms with Crippen molar-refractivity contribution < 1.29 is 14.3 Å². The van der Waals surface area contributed by atoms with E-state index in [4.69, 9.17) is 4.74 Å². The van der Waals surface area contributed by atoms with Crippen molar-refractivity contribution in [1.29, 1.82) is 0 Å². The number of allylic oxidation sites excluding steroid dienone is 2. The molecule has 1 heterocycles. The van der Waals surface area contributed by atoms with Crippen LogP contribution in [-0.2, 0) is 14.3 Å². The lowest BCUT2D eigenvalue weighted by Gasteiger charge is -2.25. The second kappa shape index (κ2) is 13.8. The van der Waals surface area contributed by atoms with Gasteiger partial charge >= 0.3 is 11.9 Å². The molecule has 164 valence electrons. The molecule has 0 saturated carbocycles. The van der Waals surface area contributed by atoms with Gasteiger partial charge in [-0.3, -0.25) is 9.59 Å². The monoisotopic (exact) mass is 402 g/mol. The summed E-state index contributed by atoms with van der Waals surface area (Å²) in [6, 6.07) is 0. The molecular formula is C26H42O3. The third kappa shape index (κ3) is 7.75. The zero-order chi connectivity index (χ0) is 20.8. The second-order valence-electron chi connectivity index (χ2n) is 8.96. The largest absolute Gasteiger partial charge is 0.392 e. The van der Waals surface area contributed by atoms with Gasteiger partial charge in [-0.2, -0.15) is 0 Å². The maximum Gasteiger partial charge on any atom is 0.328 e. The lowest BCUT2D eigenvalue weighted by molar-refractivity contribution is -0.154. The summed E-state index contributed by atoms with van der Waals surface area (Å²) in [6.07, 6.45) is 29.5. The molecule has 2 rings (SSSR count). The standard InChI is InChI=1S/C26H42O3/c1-2-3-4-5-6-7-8-9-10-11-12-13-14-15-16-18-21-26-22-19-17-20-23(26)24(27)29-25(26)28/h18-19,21-23H,2-17,20H2,1H3. The fraction of sp³-hybridized carbons (Fsp3) is 0.769. The summed E-state index contributed by atoms with van der Waals surface area (Å²) < 4.78 is 4.91. The van der Waals surface area contributed by atoms with Gasteiger partial charge in [0.05, 0.1) is 5.92 Å². The van der Waals surface area contributed by atoms with Gasteiger partial charge in [0.1, 0.15) is 5.41 Å². The van der Waals surface area contributed by atoms with Crippen LogP contribution in [0.2, 0.25) is 0 Å². The molecule has 0 N–H and O–H groups in total. The van der Waals surface area contributed by atoms with Crippen molar-refractivity contribution in [1.82, 2.24) is 0 Å². The van der Waals surface area contributed by atoms with Gasteiger partial charge in [-0.05, 0) is 25.7 Å². The van der Waals surface area contributed by atoms with Gasteiger partial charge in [-0.25, -0.2) is 0 Å². The summed E-state index contributed by atoms with van der Waals surface area (Å²) in [4.78, 5) is 24.1. The summed E-state index contributed by atoms with van der Waals surface area (Å²) in [5, 5.41) is 0. The van der Waals surface area contributed by atoms with Gasteiger partial charge in [0, 0.05) is 0 Å². The molecule has 0 aromatic heterocycles. The van der Waals surface area contributed by atoms with Crippen molar-refractivity contribution in [3.8, 4) is 0 Å². The molecule has 1 saturated heterocycles. The molecule has 0 amide bonds. The highest BCUT2D eigenvalue weighted by Crippen LogP contribution is 2.45. The van der Waals surface area contributed by atoms with E-state index in [1.54, 1.807) is 0 Å². The molecule has 1 fully saturated rings. The molecule has 0 aromatic carbocycles. The summed E-state index contributed by atoms with van der Waals surface area (Å²) >= 11 is 0.